The average Bonchev–Trinajstić information content (AvgIpc) is 2.95. The maximum Gasteiger partial charge on any atom is 0.224 e. The van der Waals surface area contributed by atoms with E-state index in [1.807, 2.05) is 6.07 Å². The van der Waals surface area contributed by atoms with Gasteiger partial charge in [0.25, 0.3) is 0 Å². The second-order valence-electron chi connectivity index (χ2n) is 5.27. The monoisotopic (exact) mass is 331 g/mol. The van der Waals surface area contributed by atoms with Crippen molar-refractivity contribution in [1.29, 1.82) is 0 Å². The molecule has 2 N–H and O–H groups in total. The van der Waals surface area contributed by atoms with E-state index in [0.29, 0.717) is 28.9 Å². The lowest BCUT2D eigenvalue weighted by molar-refractivity contribution is -0.116. The Balaban J connectivity index is 1.65. The van der Waals surface area contributed by atoms with Gasteiger partial charge >= 0.3 is 0 Å². The third kappa shape index (κ3) is 3.34. The predicted octanol–water partition coefficient (Wildman–Crippen LogP) is 3.42. The molecule has 0 unspecified atom stereocenters. The van der Waals surface area contributed by atoms with Crippen molar-refractivity contribution in [2.45, 2.75) is 12.8 Å². The highest BCUT2D eigenvalue weighted by Gasteiger charge is 2.11. The molecular weight excluding hydrogens is 316 g/mol. The van der Waals surface area contributed by atoms with Crippen LogP contribution < -0.4 is 10.1 Å². The van der Waals surface area contributed by atoms with Crippen LogP contribution in [0.25, 0.3) is 10.9 Å². The first-order valence-corrected chi connectivity index (χ1v) is 7.31. The van der Waals surface area contributed by atoms with E-state index < -0.39 is 11.6 Å². The SMILES string of the molecule is COc1ccc(CCC(=O)Nc2c[nH]c3cc(F)c(F)cc23)cn1. The number of aromatic amines is 1. The van der Waals surface area contributed by atoms with Crippen LogP contribution in [-0.2, 0) is 11.2 Å². The van der Waals surface area contributed by atoms with Crippen LogP contribution in [0.15, 0.2) is 36.7 Å². The van der Waals surface area contributed by atoms with E-state index >= 15 is 0 Å². The van der Waals surface area contributed by atoms with Gasteiger partial charge in [-0.15, -0.1) is 0 Å². The fourth-order valence-electron chi connectivity index (χ4n) is 2.37. The largest absolute Gasteiger partial charge is 0.481 e. The van der Waals surface area contributed by atoms with Crippen LogP contribution in [0, 0.1) is 11.6 Å². The van der Waals surface area contributed by atoms with Gasteiger partial charge in [0.1, 0.15) is 0 Å². The molecule has 0 bridgehead atoms. The minimum atomic E-state index is -0.957. The number of benzene rings is 1. The number of ether oxygens (including phenoxy) is 1. The van der Waals surface area contributed by atoms with E-state index in [0.717, 1.165) is 17.7 Å². The van der Waals surface area contributed by atoms with Crippen LogP contribution in [0.5, 0.6) is 5.88 Å². The average molecular weight is 331 g/mol. The molecule has 5 nitrogen and oxygen atoms in total. The molecule has 0 aliphatic heterocycles. The fourth-order valence-corrected chi connectivity index (χ4v) is 2.37. The molecule has 0 spiro atoms. The molecular formula is C17H15F2N3O2. The molecule has 0 fully saturated rings. The number of H-pyrrole nitrogens is 1. The molecule has 1 amide bonds. The molecule has 0 atom stereocenters. The van der Waals surface area contributed by atoms with Crippen molar-refractivity contribution in [2.75, 3.05) is 12.4 Å². The lowest BCUT2D eigenvalue weighted by Gasteiger charge is -2.05. The zero-order valence-electron chi connectivity index (χ0n) is 12.9. The number of rotatable bonds is 5. The number of halogens is 2. The third-order valence-corrected chi connectivity index (χ3v) is 3.64. The van der Waals surface area contributed by atoms with Gasteiger partial charge in [0.2, 0.25) is 11.8 Å². The summed E-state index contributed by atoms with van der Waals surface area (Å²) in [7, 11) is 1.53. The van der Waals surface area contributed by atoms with Crippen molar-refractivity contribution in [3.8, 4) is 5.88 Å². The number of carbonyl (C=O) groups is 1. The summed E-state index contributed by atoms with van der Waals surface area (Å²) in [5.74, 6) is -1.61. The van der Waals surface area contributed by atoms with Crippen LogP contribution in [0.2, 0.25) is 0 Å². The smallest absolute Gasteiger partial charge is 0.224 e. The number of pyridine rings is 1. The number of nitrogens with zero attached hydrogens (tertiary/aromatic N) is 1. The van der Waals surface area contributed by atoms with Gasteiger partial charge < -0.3 is 15.0 Å². The highest BCUT2D eigenvalue weighted by atomic mass is 19.2. The lowest BCUT2D eigenvalue weighted by atomic mass is 10.1. The highest BCUT2D eigenvalue weighted by Crippen LogP contribution is 2.25. The van der Waals surface area contributed by atoms with Gasteiger partial charge in [-0.2, -0.15) is 0 Å². The number of aromatic nitrogens is 2. The maximum absolute atomic E-state index is 13.4. The van der Waals surface area contributed by atoms with Gasteiger partial charge in [-0.25, -0.2) is 13.8 Å². The maximum atomic E-state index is 13.4. The zero-order chi connectivity index (χ0) is 17.1. The van der Waals surface area contributed by atoms with E-state index in [4.69, 9.17) is 4.74 Å². The number of hydrogen-bond acceptors (Lipinski definition) is 3. The number of amides is 1. The molecule has 24 heavy (non-hydrogen) atoms. The van der Waals surface area contributed by atoms with Gasteiger partial charge in [-0.05, 0) is 18.1 Å². The highest BCUT2D eigenvalue weighted by molar-refractivity contribution is 6.01. The summed E-state index contributed by atoms with van der Waals surface area (Å²) in [6, 6.07) is 5.68. The van der Waals surface area contributed by atoms with Crippen molar-refractivity contribution in [1.82, 2.24) is 9.97 Å². The molecule has 124 valence electrons. The van der Waals surface area contributed by atoms with Crippen LogP contribution >= 0.6 is 0 Å². The summed E-state index contributed by atoms with van der Waals surface area (Å²) in [5.41, 5.74) is 1.74. The molecule has 0 aliphatic rings. The first-order chi connectivity index (χ1) is 11.6. The molecule has 2 heterocycles. The summed E-state index contributed by atoms with van der Waals surface area (Å²) < 4.78 is 31.5. The second kappa shape index (κ2) is 6.66. The number of carbonyl (C=O) groups excluding carboxylic acids is 1. The van der Waals surface area contributed by atoms with Crippen LogP contribution in [0.1, 0.15) is 12.0 Å². The molecule has 2 aromatic heterocycles. The first kappa shape index (κ1) is 15.9. The number of hydrogen-bond donors (Lipinski definition) is 2. The summed E-state index contributed by atoms with van der Waals surface area (Å²) in [5, 5.41) is 3.12. The standard InChI is InChI=1S/C17H15F2N3O2/c1-24-17-5-3-10(8-21-17)2-4-16(23)22-15-9-20-14-7-13(19)12(18)6-11(14)15/h3,5-9,20H,2,4H2,1H3,(H,22,23). The third-order valence-electron chi connectivity index (χ3n) is 3.64. The van der Waals surface area contributed by atoms with Crippen LogP contribution in [0.4, 0.5) is 14.5 Å². The lowest BCUT2D eigenvalue weighted by Crippen LogP contribution is -2.12. The molecule has 1 aromatic carbocycles. The number of aryl methyl sites for hydroxylation is 1. The molecule has 0 saturated carbocycles. The van der Waals surface area contributed by atoms with E-state index in [1.54, 1.807) is 12.3 Å². The Bertz CT molecular complexity index is 875. The minimum absolute atomic E-state index is 0.226. The van der Waals surface area contributed by atoms with Crippen molar-refractivity contribution in [3.05, 3.63) is 53.9 Å². The summed E-state index contributed by atoms with van der Waals surface area (Å²) >= 11 is 0. The quantitative estimate of drug-likeness (QED) is 0.753. The number of methoxy groups -OCH3 is 1. The zero-order valence-corrected chi connectivity index (χ0v) is 12.9. The van der Waals surface area contributed by atoms with E-state index in [-0.39, 0.29) is 12.3 Å². The second-order valence-corrected chi connectivity index (χ2v) is 5.27. The molecule has 0 aliphatic carbocycles. The van der Waals surface area contributed by atoms with Crippen LogP contribution in [-0.4, -0.2) is 23.0 Å². The van der Waals surface area contributed by atoms with Crippen LogP contribution in [0.3, 0.4) is 0 Å². The first-order valence-electron chi connectivity index (χ1n) is 7.31. The Morgan fingerprint density at radius 3 is 2.79 bits per heavy atom. The van der Waals surface area contributed by atoms with E-state index in [2.05, 4.69) is 15.3 Å². The van der Waals surface area contributed by atoms with Gasteiger partial charge in [-0.3, -0.25) is 4.79 Å². The molecule has 3 aromatic rings. The molecule has 3 rings (SSSR count). The van der Waals surface area contributed by atoms with E-state index in [9.17, 15) is 13.6 Å². The normalized spacial score (nSPS) is 10.8. The Labute approximate surface area is 136 Å². The van der Waals surface area contributed by atoms with Crippen molar-refractivity contribution in [2.24, 2.45) is 0 Å². The summed E-state index contributed by atoms with van der Waals surface area (Å²) in [4.78, 5) is 18.9. The topological polar surface area (TPSA) is 67.0 Å². The predicted molar refractivity (Wildman–Crippen MR) is 86.0 cm³/mol. The number of fused-ring (bicyclic) bond motifs is 1. The number of nitrogens with one attached hydrogen (secondary N) is 2. The fraction of sp³-hybridized carbons (Fsp3) is 0.176. The van der Waals surface area contributed by atoms with Gasteiger partial charge in [0, 0.05) is 36.3 Å². The van der Waals surface area contributed by atoms with Gasteiger partial charge in [-0.1, -0.05) is 6.07 Å². The molecule has 7 heteroatoms. The Kier molecular flexibility index (Phi) is 4.41. The van der Waals surface area contributed by atoms with Gasteiger partial charge in [0.15, 0.2) is 11.6 Å². The number of anilines is 1. The van der Waals surface area contributed by atoms with E-state index in [1.165, 1.54) is 13.3 Å². The Hall–Kier alpha value is -2.96. The Morgan fingerprint density at radius 2 is 2.08 bits per heavy atom. The van der Waals surface area contributed by atoms with Gasteiger partial charge in [0.05, 0.1) is 18.3 Å². The molecule has 0 saturated heterocycles. The Morgan fingerprint density at radius 1 is 1.29 bits per heavy atom. The summed E-state index contributed by atoms with van der Waals surface area (Å²) in [6.45, 7) is 0. The van der Waals surface area contributed by atoms with Crippen molar-refractivity contribution >= 4 is 22.5 Å². The molecule has 0 radical (unpaired) electrons. The van der Waals surface area contributed by atoms with Crippen molar-refractivity contribution in [3.63, 3.8) is 0 Å². The van der Waals surface area contributed by atoms with Crippen molar-refractivity contribution < 1.29 is 18.3 Å². The summed E-state index contributed by atoms with van der Waals surface area (Å²) in [6.07, 6.45) is 3.91. The minimum Gasteiger partial charge on any atom is -0.481 e.